The molecule has 0 atom stereocenters. The molecule has 0 aliphatic carbocycles. The first-order valence-corrected chi connectivity index (χ1v) is 6.25. The van der Waals surface area contributed by atoms with E-state index in [1.165, 1.54) is 12.1 Å². The lowest BCUT2D eigenvalue weighted by Crippen LogP contribution is -2.12. The van der Waals surface area contributed by atoms with Crippen molar-refractivity contribution in [1.82, 2.24) is 0 Å². The quantitative estimate of drug-likeness (QED) is 0.818. The molecule has 0 aliphatic rings. The zero-order chi connectivity index (χ0) is 11.9. The van der Waals surface area contributed by atoms with Crippen LogP contribution in [0.25, 0.3) is 10.8 Å². The number of fused-ring (bicyclic) bond motifs is 1. The number of aromatic hydroxyl groups is 1. The minimum atomic E-state index is -3.93. The molecule has 0 bridgehead atoms. The molecular weight excluding hydrogens is 250 g/mol. The van der Waals surface area contributed by atoms with Gasteiger partial charge in [-0.2, -0.15) is 0 Å². The van der Waals surface area contributed by atoms with Gasteiger partial charge in [0.2, 0.25) is 10.0 Å². The van der Waals surface area contributed by atoms with E-state index in [-0.39, 0.29) is 10.6 Å². The van der Waals surface area contributed by atoms with Gasteiger partial charge in [0.05, 0.1) is 0 Å². The van der Waals surface area contributed by atoms with Crippen LogP contribution in [0.4, 0.5) is 0 Å². The summed E-state index contributed by atoms with van der Waals surface area (Å²) in [6.45, 7) is 0. The number of halogens is 1. The predicted molar refractivity (Wildman–Crippen MR) is 62.0 cm³/mol. The zero-order valence-electron chi connectivity index (χ0n) is 8.01. The first kappa shape index (κ1) is 11.2. The minimum absolute atomic E-state index is 0.303. The third kappa shape index (κ3) is 1.97. The molecule has 0 spiro atoms. The fraction of sp³-hybridized carbons (Fsp3) is 0. The maximum absolute atomic E-state index is 11.2. The number of phenols is 1. The van der Waals surface area contributed by atoms with E-state index in [4.69, 9.17) is 16.7 Å². The number of hydrogen-bond donors (Lipinski definition) is 2. The molecule has 0 saturated heterocycles. The number of primary sulfonamides is 1. The monoisotopic (exact) mass is 257 g/mol. The van der Waals surface area contributed by atoms with E-state index in [1.807, 2.05) is 0 Å². The molecule has 0 saturated carbocycles. The van der Waals surface area contributed by atoms with Crippen molar-refractivity contribution >= 4 is 32.4 Å². The summed E-state index contributed by atoms with van der Waals surface area (Å²) in [4.78, 5) is -0.303. The molecule has 3 N–H and O–H groups in total. The van der Waals surface area contributed by atoms with Crippen molar-refractivity contribution in [3.8, 4) is 5.75 Å². The Morgan fingerprint density at radius 3 is 2.44 bits per heavy atom. The molecule has 0 aromatic heterocycles. The molecule has 0 radical (unpaired) electrons. The van der Waals surface area contributed by atoms with Gasteiger partial charge in [-0.25, -0.2) is 13.6 Å². The SMILES string of the molecule is NS(=O)(=O)c1cc2cc(Cl)ccc2cc1O. The lowest BCUT2D eigenvalue weighted by molar-refractivity contribution is 0.460. The van der Waals surface area contributed by atoms with Gasteiger partial charge in [-0.15, -0.1) is 0 Å². The second kappa shape index (κ2) is 3.62. The van der Waals surface area contributed by atoms with Crippen LogP contribution in [0.3, 0.4) is 0 Å². The van der Waals surface area contributed by atoms with E-state index < -0.39 is 10.0 Å². The molecule has 2 rings (SSSR count). The molecule has 4 nitrogen and oxygen atoms in total. The fourth-order valence-electron chi connectivity index (χ4n) is 1.46. The number of benzene rings is 2. The number of nitrogens with two attached hydrogens (primary N) is 1. The van der Waals surface area contributed by atoms with Gasteiger partial charge in [0.15, 0.2) is 0 Å². The van der Waals surface area contributed by atoms with E-state index in [2.05, 4.69) is 0 Å². The molecular formula is C10H8ClNO3S. The van der Waals surface area contributed by atoms with E-state index >= 15 is 0 Å². The Morgan fingerprint density at radius 1 is 1.12 bits per heavy atom. The highest BCUT2D eigenvalue weighted by Gasteiger charge is 2.14. The first-order valence-electron chi connectivity index (χ1n) is 4.33. The molecule has 2 aromatic carbocycles. The highest BCUT2D eigenvalue weighted by atomic mass is 35.5. The normalized spacial score (nSPS) is 11.9. The van der Waals surface area contributed by atoms with Crippen molar-refractivity contribution in [3.63, 3.8) is 0 Å². The predicted octanol–water partition coefficient (Wildman–Crippen LogP) is 1.85. The van der Waals surface area contributed by atoms with Crippen molar-refractivity contribution in [1.29, 1.82) is 0 Å². The summed E-state index contributed by atoms with van der Waals surface area (Å²) in [5, 5.41) is 16.3. The molecule has 0 fully saturated rings. The number of phenolic OH excluding ortho intramolecular Hbond substituents is 1. The van der Waals surface area contributed by atoms with Crippen molar-refractivity contribution in [3.05, 3.63) is 35.4 Å². The molecule has 16 heavy (non-hydrogen) atoms. The van der Waals surface area contributed by atoms with Gasteiger partial charge in [-0.1, -0.05) is 17.7 Å². The second-order valence-corrected chi connectivity index (χ2v) is 5.32. The Morgan fingerprint density at radius 2 is 1.81 bits per heavy atom. The van der Waals surface area contributed by atoms with E-state index in [1.54, 1.807) is 18.2 Å². The lowest BCUT2D eigenvalue weighted by atomic mass is 10.1. The van der Waals surface area contributed by atoms with Crippen LogP contribution in [-0.4, -0.2) is 13.5 Å². The summed E-state index contributed by atoms with van der Waals surface area (Å²) in [5.41, 5.74) is 0. The summed E-state index contributed by atoms with van der Waals surface area (Å²) < 4.78 is 22.3. The molecule has 6 heteroatoms. The number of hydrogen-bond acceptors (Lipinski definition) is 3. The molecule has 2 aromatic rings. The Labute approximate surface area is 97.3 Å². The van der Waals surface area contributed by atoms with Crippen LogP contribution in [0, 0.1) is 0 Å². The van der Waals surface area contributed by atoms with Gasteiger partial charge in [-0.3, -0.25) is 0 Å². The maximum atomic E-state index is 11.2. The second-order valence-electron chi connectivity index (χ2n) is 3.36. The third-order valence-corrected chi connectivity index (χ3v) is 3.36. The Kier molecular flexibility index (Phi) is 2.53. The van der Waals surface area contributed by atoms with Crippen molar-refractivity contribution in [2.24, 2.45) is 5.14 Å². The Hall–Kier alpha value is -1.30. The largest absolute Gasteiger partial charge is 0.507 e. The topological polar surface area (TPSA) is 80.4 Å². The fourth-order valence-corrected chi connectivity index (χ4v) is 2.29. The summed E-state index contributed by atoms with van der Waals surface area (Å²) in [6.07, 6.45) is 0. The van der Waals surface area contributed by atoms with Crippen LogP contribution >= 0.6 is 11.6 Å². The van der Waals surface area contributed by atoms with Crippen LogP contribution < -0.4 is 5.14 Å². The van der Waals surface area contributed by atoms with Gasteiger partial charge in [-0.05, 0) is 35.0 Å². The average Bonchev–Trinajstić information content (AvgIpc) is 2.16. The van der Waals surface area contributed by atoms with Gasteiger partial charge < -0.3 is 5.11 Å². The van der Waals surface area contributed by atoms with Crippen LogP contribution in [-0.2, 0) is 10.0 Å². The average molecular weight is 258 g/mol. The highest BCUT2D eigenvalue weighted by Crippen LogP contribution is 2.29. The van der Waals surface area contributed by atoms with Crippen LogP contribution in [0.15, 0.2) is 35.2 Å². The zero-order valence-corrected chi connectivity index (χ0v) is 9.59. The minimum Gasteiger partial charge on any atom is -0.507 e. The Balaban J connectivity index is 2.84. The van der Waals surface area contributed by atoms with Crippen LogP contribution in [0.1, 0.15) is 0 Å². The molecule has 84 valence electrons. The lowest BCUT2D eigenvalue weighted by Gasteiger charge is -2.05. The van der Waals surface area contributed by atoms with Crippen LogP contribution in [0.5, 0.6) is 5.75 Å². The van der Waals surface area contributed by atoms with Crippen molar-refractivity contribution in [2.75, 3.05) is 0 Å². The van der Waals surface area contributed by atoms with E-state index in [0.29, 0.717) is 15.8 Å². The van der Waals surface area contributed by atoms with Gasteiger partial charge in [0.25, 0.3) is 0 Å². The summed E-state index contributed by atoms with van der Waals surface area (Å²) in [7, 11) is -3.93. The molecule has 0 heterocycles. The van der Waals surface area contributed by atoms with Crippen LogP contribution in [0.2, 0.25) is 5.02 Å². The van der Waals surface area contributed by atoms with E-state index in [0.717, 1.165) is 0 Å². The van der Waals surface area contributed by atoms with Gasteiger partial charge in [0, 0.05) is 5.02 Å². The molecule has 0 aliphatic heterocycles. The van der Waals surface area contributed by atoms with E-state index in [9.17, 15) is 13.5 Å². The summed E-state index contributed by atoms with van der Waals surface area (Å²) in [5.74, 6) is -0.364. The first-order chi connectivity index (χ1) is 7.38. The molecule has 0 amide bonds. The third-order valence-electron chi connectivity index (χ3n) is 2.19. The number of sulfonamides is 1. The number of rotatable bonds is 1. The standard InChI is InChI=1S/C10H8ClNO3S/c11-8-2-1-6-4-9(13)10(16(12,14)15)5-7(6)3-8/h1-5,13H,(H2,12,14,15). The van der Waals surface area contributed by atoms with Crippen molar-refractivity contribution < 1.29 is 13.5 Å². The van der Waals surface area contributed by atoms with Crippen molar-refractivity contribution in [2.45, 2.75) is 4.90 Å². The summed E-state index contributed by atoms with van der Waals surface area (Å²) in [6, 6.07) is 7.58. The maximum Gasteiger partial charge on any atom is 0.241 e. The van der Waals surface area contributed by atoms with Gasteiger partial charge in [0.1, 0.15) is 10.6 Å². The summed E-state index contributed by atoms with van der Waals surface area (Å²) >= 11 is 5.78. The highest BCUT2D eigenvalue weighted by molar-refractivity contribution is 7.89. The Bertz CT molecular complexity index is 667. The molecule has 0 unspecified atom stereocenters. The van der Waals surface area contributed by atoms with Gasteiger partial charge >= 0.3 is 0 Å². The smallest absolute Gasteiger partial charge is 0.241 e.